The van der Waals surface area contributed by atoms with Gasteiger partial charge in [0.1, 0.15) is 12.1 Å². The highest BCUT2D eigenvalue weighted by Gasteiger charge is 2.15. The van der Waals surface area contributed by atoms with Gasteiger partial charge < -0.3 is 14.8 Å². The van der Waals surface area contributed by atoms with Crippen LogP contribution in [0.4, 0.5) is 0 Å². The lowest BCUT2D eigenvalue weighted by Gasteiger charge is -2.10. The number of hydrogen-bond donors (Lipinski definition) is 1. The van der Waals surface area contributed by atoms with Gasteiger partial charge in [0.25, 0.3) is 5.56 Å². The minimum Gasteiger partial charge on any atom is -0.379 e. The molecule has 1 amide bonds. The lowest BCUT2D eigenvalue weighted by molar-refractivity contribution is -0.122. The summed E-state index contributed by atoms with van der Waals surface area (Å²) in [5.41, 5.74) is 0.202. The molecule has 1 fully saturated rings. The number of fused-ring (bicyclic) bond motifs is 1. The second-order valence-electron chi connectivity index (χ2n) is 5.98. The van der Waals surface area contributed by atoms with E-state index in [2.05, 4.69) is 15.6 Å². The van der Waals surface area contributed by atoms with Gasteiger partial charge in [-0.05, 0) is 31.4 Å². The molecule has 2 heterocycles. The number of nitrogens with one attached hydrogen (secondary N) is 1. The molecule has 0 spiro atoms. The molecule has 8 nitrogen and oxygen atoms in total. The Morgan fingerprint density at radius 1 is 1.40 bits per heavy atom. The predicted octanol–water partition coefficient (Wildman–Crippen LogP) is 0.493. The molecule has 0 aliphatic carbocycles. The summed E-state index contributed by atoms with van der Waals surface area (Å²) in [5, 5.41) is 11.0. The smallest absolute Gasteiger partial charge is 0.278 e. The topological polar surface area (TPSA) is 95.3 Å². The summed E-state index contributed by atoms with van der Waals surface area (Å²) in [5.74, 6) is -0.272. The first-order valence-electron chi connectivity index (χ1n) is 8.52. The van der Waals surface area contributed by atoms with E-state index in [1.54, 1.807) is 24.3 Å². The number of carbonyl (C=O) groups excluding carboxylic acids is 1. The third-order valence-electron chi connectivity index (χ3n) is 4.04. The van der Waals surface area contributed by atoms with Gasteiger partial charge in [0.15, 0.2) is 0 Å². The maximum atomic E-state index is 12.3. The van der Waals surface area contributed by atoms with Crippen LogP contribution in [-0.4, -0.2) is 53.4 Å². The van der Waals surface area contributed by atoms with Crippen molar-refractivity contribution in [1.82, 2.24) is 20.3 Å². The highest BCUT2D eigenvalue weighted by Crippen LogP contribution is 2.11. The average Bonchev–Trinajstić information content (AvgIpc) is 3.14. The van der Waals surface area contributed by atoms with Crippen molar-refractivity contribution >= 4 is 16.8 Å². The summed E-state index contributed by atoms with van der Waals surface area (Å²) >= 11 is 0. The number of aromatic nitrogens is 3. The number of rotatable bonds is 8. The molecule has 3 rings (SSSR count). The highest BCUT2D eigenvalue weighted by molar-refractivity contribution is 5.78. The van der Waals surface area contributed by atoms with Gasteiger partial charge >= 0.3 is 0 Å². The molecule has 0 unspecified atom stereocenters. The fourth-order valence-electron chi connectivity index (χ4n) is 2.71. The Morgan fingerprint density at radius 3 is 3.12 bits per heavy atom. The van der Waals surface area contributed by atoms with Crippen LogP contribution in [0.3, 0.4) is 0 Å². The van der Waals surface area contributed by atoms with Crippen LogP contribution >= 0.6 is 0 Å². The van der Waals surface area contributed by atoms with Crippen LogP contribution in [0, 0.1) is 0 Å². The Kier molecular flexibility index (Phi) is 6.08. The van der Waals surface area contributed by atoms with Crippen molar-refractivity contribution in [1.29, 1.82) is 0 Å². The minimum atomic E-state index is -0.319. The number of amides is 1. The molecule has 1 aliphatic rings. The predicted molar refractivity (Wildman–Crippen MR) is 91.2 cm³/mol. The standard InChI is InChI=1S/C17H22N4O4/c22-16(18-8-4-9-24-12-13-5-3-10-25-13)11-21-17(23)14-6-1-2-7-15(14)19-20-21/h1-2,6-7,13H,3-5,8-12H2,(H,18,22)/t13-/m1/s1. The molecule has 0 saturated carbocycles. The molecular weight excluding hydrogens is 324 g/mol. The fourth-order valence-corrected chi connectivity index (χ4v) is 2.71. The molecule has 1 atom stereocenters. The molecule has 134 valence electrons. The number of carbonyl (C=O) groups is 1. The summed E-state index contributed by atoms with van der Waals surface area (Å²) in [6, 6.07) is 6.93. The van der Waals surface area contributed by atoms with Crippen molar-refractivity contribution in [2.45, 2.75) is 31.9 Å². The van der Waals surface area contributed by atoms with Gasteiger partial charge in [-0.1, -0.05) is 17.3 Å². The third-order valence-corrected chi connectivity index (χ3v) is 4.04. The van der Waals surface area contributed by atoms with E-state index in [4.69, 9.17) is 9.47 Å². The Balaban J connectivity index is 1.39. The quantitative estimate of drug-likeness (QED) is 0.699. The zero-order valence-electron chi connectivity index (χ0n) is 14.0. The normalized spacial score (nSPS) is 17.0. The Morgan fingerprint density at radius 2 is 2.28 bits per heavy atom. The second kappa shape index (κ2) is 8.68. The Labute approximate surface area is 145 Å². The van der Waals surface area contributed by atoms with E-state index in [1.165, 1.54) is 0 Å². The van der Waals surface area contributed by atoms with E-state index in [0.717, 1.165) is 24.1 Å². The van der Waals surface area contributed by atoms with Gasteiger partial charge in [0.2, 0.25) is 5.91 Å². The molecule has 2 aromatic rings. The molecule has 1 aromatic heterocycles. The fraction of sp³-hybridized carbons (Fsp3) is 0.529. The molecule has 1 saturated heterocycles. The van der Waals surface area contributed by atoms with Gasteiger partial charge in [-0.15, -0.1) is 5.10 Å². The molecule has 1 aromatic carbocycles. The average molecular weight is 346 g/mol. The van der Waals surface area contributed by atoms with E-state index >= 15 is 0 Å². The number of hydrogen-bond acceptors (Lipinski definition) is 6. The first-order chi connectivity index (χ1) is 12.2. The van der Waals surface area contributed by atoms with Crippen LogP contribution in [0.15, 0.2) is 29.1 Å². The van der Waals surface area contributed by atoms with Gasteiger partial charge in [-0.2, -0.15) is 0 Å². The zero-order chi connectivity index (χ0) is 17.5. The summed E-state index contributed by atoms with van der Waals surface area (Å²) in [6.45, 7) is 2.33. The number of benzene rings is 1. The van der Waals surface area contributed by atoms with Gasteiger partial charge in [-0.25, -0.2) is 4.68 Å². The van der Waals surface area contributed by atoms with Crippen molar-refractivity contribution in [2.75, 3.05) is 26.4 Å². The summed E-state index contributed by atoms with van der Waals surface area (Å²) < 4.78 is 12.1. The van der Waals surface area contributed by atoms with Gasteiger partial charge in [0.05, 0.1) is 18.1 Å². The first kappa shape index (κ1) is 17.5. The summed E-state index contributed by atoms with van der Waals surface area (Å²) in [7, 11) is 0. The van der Waals surface area contributed by atoms with Crippen molar-refractivity contribution in [2.24, 2.45) is 0 Å². The van der Waals surface area contributed by atoms with Crippen molar-refractivity contribution in [3.8, 4) is 0 Å². The summed E-state index contributed by atoms with van der Waals surface area (Å²) in [6.07, 6.45) is 3.07. The molecule has 1 aliphatic heterocycles. The largest absolute Gasteiger partial charge is 0.379 e. The summed E-state index contributed by atoms with van der Waals surface area (Å²) in [4.78, 5) is 24.2. The van der Waals surface area contributed by atoms with E-state index < -0.39 is 0 Å². The molecule has 1 N–H and O–H groups in total. The molecule has 25 heavy (non-hydrogen) atoms. The third kappa shape index (κ3) is 4.83. The maximum absolute atomic E-state index is 12.3. The lowest BCUT2D eigenvalue weighted by Crippen LogP contribution is -2.35. The number of ether oxygens (including phenoxy) is 2. The van der Waals surface area contributed by atoms with E-state index in [-0.39, 0.29) is 24.1 Å². The monoisotopic (exact) mass is 346 g/mol. The van der Waals surface area contributed by atoms with Crippen LogP contribution in [0.2, 0.25) is 0 Å². The van der Waals surface area contributed by atoms with Crippen molar-refractivity contribution in [3.05, 3.63) is 34.6 Å². The van der Waals surface area contributed by atoms with Crippen LogP contribution in [0.5, 0.6) is 0 Å². The second-order valence-corrected chi connectivity index (χ2v) is 5.98. The first-order valence-corrected chi connectivity index (χ1v) is 8.52. The molecule has 0 bridgehead atoms. The Bertz CT molecular complexity index is 771. The minimum absolute atomic E-state index is 0.145. The SMILES string of the molecule is O=C(Cn1nnc2ccccc2c1=O)NCCCOC[C@H]1CCCO1. The molecule has 8 heteroatoms. The molecular formula is C17H22N4O4. The van der Waals surface area contributed by atoms with Gasteiger partial charge in [0, 0.05) is 19.8 Å². The van der Waals surface area contributed by atoms with Crippen LogP contribution in [0.25, 0.3) is 10.9 Å². The van der Waals surface area contributed by atoms with E-state index in [9.17, 15) is 9.59 Å². The van der Waals surface area contributed by atoms with E-state index in [0.29, 0.717) is 37.1 Å². The van der Waals surface area contributed by atoms with Crippen LogP contribution < -0.4 is 10.9 Å². The number of nitrogens with zero attached hydrogens (tertiary/aromatic N) is 3. The lowest BCUT2D eigenvalue weighted by atomic mass is 10.2. The van der Waals surface area contributed by atoms with Crippen LogP contribution in [0.1, 0.15) is 19.3 Å². The maximum Gasteiger partial charge on any atom is 0.278 e. The van der Waals surface area contributed by atoms with Crippen molar-refractivity contribution in [3.63, 3.8) is 0 Å². The van der Waals surface area contributed by atoms with Crippen molar-refractivity contribution < 1.29 is 14.3 Å². The highest BCUT2D eigenvalue weighted by atomic mass is 16.5. The Hall–Kier alpha value is -2.32. The molecule has 0 radical (unpaired) electrons. The van der Waals surface area contributed by atoms with Gasteiger partial charge in [-0.3, -0.25) is 9.59 Å². The van der Waals surface area contributed by atoms with Crippen LogP contribution in [-0.2, 0) is 20.8 Å². The van der Waals surface area contributed by atoms with E-state index in [1.807, 2.05) is 0 Å². The zero-order valence-corrected chi connectivity index (χ0v) is 14.0.